The van der Waals surface area contributed by atoms with Gasteiger partial charge >= 0.3 is 5.97 Å². The van der Waals surface area contributed by atoms with Crippen molar-refractivity contribution in [3.05, 3.63) is 90.3 Å². The number of halogens is 2. The van der Waals surface area contributed by atoms with Gasteiger partial charge in [-0.3, -0.25) is 10.1 Å². The third kappa shape index (κ3) is 4.08. The van der Waals surface area contributed by atoms with Crippen LogP contribution in [0.25, 0.3) is 17.4 Å². The second kappa shape index (κ2) is 7.80. The first-order chi connectivity index (χ1) is 13.9. The van der Waals surface area contributed by atoms with Gasteiger partial charge in [-0.05, 0) is 59.0 Å². The van der Waals surface area contributed by atoms with Crippen molar-refractivity contribution in [1.82, 2.24) is 0 Å². The molecule has 1 aromatic heterocycles. The summed E-state index contributed by atoms with van der Waals surface area (Å²) in [6.07, 6.45) is 1.45. The third-order valence-corrected chi connectivity index (χ3v) is 5.08. The Kier molecular flexibility index (Phi) is 5.20. The fourth-order valence-electron chi connectivity index (χ4n) is 2.65. The van der Waals surface area contributed by atoms with E-state index in [0.717, 1.165) is 9.13 Å². The summed E-state index contributed by atoms with van der Waals surface area (Å²) in [6, 6.07) is 15.4. The van der Waals surface area contributed by atoms with Crippen LogP contribution >= 0.6 is 34.2 Å². The van der Waals surface area contributed by atoms with E-state index < -0.39 is 10.9 Å². The number of benzene rings is 2. The lowest BCUT2D eigenvalue weighted by molar-refractivity contribution is -0.384. The largest absolute Gasteiger partial charge is 0.457 e. The minimum absolute atomic E-state index is 0.0156. The minimum Gasteiger partial charge on any atom is -0.457 e. The highest BCUT2D eigenvalue weighted by Crippen LogP contribution is 2.28. The molecule has 0 amide bonds. The Morgan fingerprint density at radius 1 is 1.07 bits per heavy atom. The van der Waals surface area contributed by atoms with Crippen molar-refractivity contribution in [2.45, 2.75) is 0 Å². The van der Waals surface area contributed by atoms with Crippen LogP contribution in [0.15, 0.2) is 69.7 Å². The fourth-order valence-corrected chi connectivity index (χ4v) is 3.20. The van der Waals surface area contributed by atoms with Crippen molar-refractivity contribution in [2.75, 3.05) is 0 Å². The minimum atomic E-state index is -0.676. The Hall–Kier alpha value is -2.98. The lowest BCUT2D eigenvalue weighted by Gasteiger charge is -2.00. The van der Waals surface area contributed by atoms with E-state index in [4.69, 9.17) is 20.8 Å². The van der Waals surface area contributed by atoms with Crippen LogP contribution in [0.4, 0.5) is 5.69 Å². The molecule has 2 aromatic carbocycles. The van der Waals surface area contributed by atoms with Gasteiger partial charge in [0.2, 0.25) is 5.90 Å². The van der Waals surface area contributed by atoms with Crippen molar-refractivity contribution < 1.29 is 18.9 Å². The predicted molar refractivity (Wildman–Crippen MR) is 116 cm³/mol. The quantitative estimate of drug-likeness (QED) is 0.150. The van der Waals surface area contributed by atoms with E-state index in [1.165, 1.54) is 24.3 Å². The molecule has 4 rings (SSSR count). The molecule has 9 heteroatoms. The van der Waals surface area contributed by atoms with Gasteiger partial charge in [0.15, 0.2) is 5.70 Å². The highest BCUT2D eigenvalue weighted by atomic mass is 127. The zero-order chi connectivity index (χ0) is 20.5. The maximum absolute atomic E-state index is 12.2. The Labute approximate surface area is 182 Å². The Bertz CT molecular complexity index is 1200. The topological polar surface area (TPSA) is 94.9 Å². The molecule has 1 aliphatic heterocycles. The molecule has 0 radical (unpaired) electrons. The normalized spacial score (nSPS) is 14.8. The number of hydrogen-bond donors (Lipinski definition) is 0. The zero-order valence-corrected chi connectivity index (χ0v) is 17.4. The summed E-state index contributed by atoms with van der Waals surface area (Å²) in [5, 5.41) is 11.0. The highest BCUT2D eigenvalue weighted by Gasteiger charge is 2.26. The number of hydrogen-bond acceptors (Lipinski definition) is 6. The van der Waals surface area contributed by atoms with Crippen molar-refractivity contribution >= 4 is 57.8 Å². The van der Waals surface area contributed by atoms with Crippen LogP contribution in [0.2, 0.25) is 5.02 Å². The van der Waals surface area contributed by atoms with E-state index in [9.17, 15) is 14.9 Å². The van der Waals surface area contributed by atoms with Crippen LogP contribution < -0.4 is 0 Å². The van der Waals surface area contributed by atoms with Crippen molar-refractivity contribution in [3.8, 4) is 11.3 Å². The number of cyclic esters (lactones) is 1. The summed E-state index contributed by atoms with van der Waals surface area (Å²) >= 11 is 8.03. The Balaban J connectivity index is 1.63. The zero-order valence-electron chi connectivity index (χ0n) is 14.5. The molecule has 29 heavy (non-hydrogen) atoms. The van der Waals surface area contributed by atoms with Crippen LogP contribution in [-0.2, 0) is 9.53 Å². The van der Waals surface area contributed by atoms with E-state index in [0.29, 0.717) is 11.5 Å². The van der Waals surface area contributed by atoms with E-state index in [-0.39, 0.29) is 27.9 Å². The number of nitro benzene ring substituents is 1. The van der Waals surface area contributed by atoms with Gasteiger partial charge in [-0.2, -0.15) is 0 Å². The van der Waals surface area contributed by atoms with E-state index in [1.54, 1.807) is 12.1 Å². The molecule has 0 atom stereocenters. The highest BCUT2D eigenvalue weighted by molar-refractivity contribution is 14.1. The molecule has 2 heterocycles. The molecular weight excluding hydrogens is 511 g/mol. The number of ether oxygens (including phenoxy) is 1. The number of carbonyl (C=O) groups excluding carboxylic acids is 1. The van der Waals surface area contributed by atoms with E-state index >= 15 is 0 Å². The lowest BCUT2D eigenvalue weighted by Crippen LogP contribution is -2.06. The number of furan rings is 1. The molecule has 3 aromatic rings. The summed E-state index contributed by atoms with van der Waals surface area (Å²) in [7, 11) is 0. The van der Waals surface area contributed by atoms with Crippen LogP contribution in [0, 0.1) is 13.7 Å². The van der Waals surface area contributed by atoms with Gasteiger partial charge in [-0.25, -0.2) is 9.79 Å². The summed E-state index contributed by atoms with van der Waals surface area (Å²) < 4.78 is 12.0. The van der Waals surface area contributed by atoms with Gasteiger partial charge in [0.1, 0.15) is 16.5 Å². The van der Waals surface area contributed by atoms with Crippen LogP contribution in [0.1, 0.15) is 11.3 Å². The number of rotatable bonds is 4. The molecule has 0 aliphatic carbocycles. The Morgan fingerprint density at radius 2 is 1.79 bits per heavy atom. The lowest BCUT2D eigenvalue weighted by atomic mass is 10.2. The molecule has 0 fully saturated rings. The predicted octanol–water partition coefficient (Wildman–Crippen LogP) is 5.46. The second-order valence-corrected chi connectivity index (χ2v) is 7.62. The number of carbonyl (C=O) groups is 1. The van der Waals surface area contributed by atoms with Crippen LogP contribution in [-0.4, -0.2) is 16.8 Å². The molecule has 0 N–H and O–H groups in total. The molecule has 1 aliphatic rings. The smallest absolute Gasteiger partial charge is 0.363 e. The maximum atomic E-state index is 12.2. The Morgan fingerprint density at radius 3 is 2.52 bits per heavy atom. The van der Waals surface area contributed by atoms with Crippen molar-refractivity contribution in [3.63, 3.8) is 0 Å². The molecule has 0 bridgehead atoms. The number of aliphatic imine (C=N–C) groups is 1. The first kappa shape index (κ1) is 19.3. The number of nitro groups is 1. The SMILES string of the molecule is O=C1OC(c2ccc(Cl)c([N+](=O)[O-])c2)=N/C1=C\c1ccc(-c2ccc(I)cc2)o1. The van der Waals surface area contributed by atoms with Crippen molar-refractivity contribution in [2.24, 2.45) is 4.99 Å². The first-order valence-electron chi connectivity index (χ1n) is 8.23. The monoisotopic (exact) mass is 520 g/mol. The standard InChI is InChI=1S/C20H10ClIN2O5/c21-15-7-3-12(9-17(15)24(26)27)19-23-16(20(25)29-19)10-14-6-8-18(28-14)11-1-4-13(22)5-2-11/h1-10H/b16-10-. The average molecular weight is 521 g/mol. The van der Waals surface area contributed by atoms with Gasteiger partial charge in [-0.1, -0.05) is 23.7 Å². The molecule has 0 spiro atoms. The summed E-state index contributed by atoms with van der Waals surface area (Å²) in [5.41, 5.74) is 0.910. The molecule has 0 unspecified atom stereocenters. The summed E-state index contributed by atoms with van der Waals surface area (Å²) in [4.78, 5) is 26.7. The molecule has 0 saturated carbocycles. The van der Waals surface area contributed by atoms with E-state index in [1.807, 2.05) is 24.3 Å². The molecule has 0 saturated heterocycles. The fraction of sp³-hybridized carbons (Fsp3) is 0. The van der Waals surface area contributed by atoms with Gasteiger partial charge in [-0.15, -0.1) is 0 Å². The van der Waals surface area contributed by atoms with E-state index in [2.05, 4.69) is 27.6 Å². The second-order valence-electron chi connectivity index (χ2n) is 5.97. The number of nitrogens with zero attached hydrogens (tertiary/aromatic N) is 2. The first-order valence-corrected chi connectivity index (χ1v) is 9.69. The average Bonchev–Trinajstić information content (AvgIpc) is 3.30. The van der Waals surface area contributed by atoms with Gasteiger partial charge in [0.25, 0.3) is 5.69 Å². The summed E-state index contributed by atoms with van der Waals surface area (Å²) in [6.45, 7) is 0. The maximum Gasteiger partial charge on any atom is 0.363 e. The number of esters is 1. The van der Waals surface area contributed by atoms with Crippen LogP contribution in [0.3, 0.4) is 0 Å². The summed E-state index contributed by atoms with van der Waals surface area (Å²) in [5.74, 6) is 0.366. The molecule has 144 valence electrons. The van der Waals surface area contributed by atoms with Gasteiger partial charge in [0, 0.05) is 26.8 Å². The molecule has 7 nitrogen and oxygen atoms in total. The van der Waals surface area contributed by atoms with Gasteiger partial charge < -0.3 is 9.15 Å². The van der Waals surface area contributed by atoms with Crippen molar-refractivity contribution in [1.29, 1.82) is 0 Å². The third-order valence-electron chi connectivity index (χ3n) is 4.04. The van der Waals surface area contributed by atoms with Gasteiger partial charge in [0.05, 0.1) is 4.92 Å². The van der Waals surface area contributed by atoms with Crippen LogP contribution in [0.5, 0.6) is 0 Å². The molecular formula is C20H10ClIN2O5.